The summed E-state index contributed by atoms with van der Waals surface area (Å²) < 4.78 is 5.25. The molecule has 3 heteroatoms. The molecular formula is C15H18O3. The zero-order valence-corrected chi connectivity index (χ0v) is 10.8. The Morgan fingerprint density at radius 2 is 2.28 bits per heavy atom. The summed E-state index contributed by atoms with van der Waals surface area (Å²) in [5.74, 6) is 0.717. The molecule has 96 valence electrons. The fraction of sp³-hybridized carbons (Fsp3) is 0.533. The average Bonchev–Trinajstić information content (AvgIpc) is 2.72. The normalized spacial score (nSPS) is 39.2. The Hall–Kier alpha value is -1.35. The van der Waals surface area contributed by atoms with Crippen molar-refractivity contribution in [2.75, 3.05) is 0 Å². The number of fused-ring (bicyclic) bond motifs is 2. The largest absolute Gasteiger partial charge is 0.423 e. The highest BCUT2D eigenvalue weighted by atomic mass is 16.5. The van der Waals surface area contributed by atoms with E-state index in [2.05, 4.69) is 6.58 Å². The molecule has 0 saturated heterocycles. The molecule has 2 aliphatic carbocycles. The highest BCUT2D eigenvalue weighted by molar-refractivity contribution is 5.94. The van der Waals surface area contributed by atoms with Crippen molar-refractivity contribution in [2.45, 2.75) is 38.7 Å². The molecule has 0 spiro atoms. The maximum Gasteiger partial charge on any atom is 0.339 e. The van der Waals surface area contributed by atoms with Gasteiger partial charge in [-0.25, -0.2) is 4.79 Å². The lowest BCUT2D eigenvalue weighted by molar-refractivity contribution is -0.133. The average molecular weight is 246 g/mol. The van der Waals surface area contributed by atoms with E-state index in [0.29, 0.717) is 11.3 Å². The van der Waals surface area contributed by atoms with Gasteiger partial charge in [0, 0.05) is 11.1 Å². The Kier molecular flexibility index (Phi) is 2.33. The number of aliphatic hydroxyl groups is 1. The molecule has 0 unspecified atom stereocenters. The van der Waals surface area contributed by atoms with Crippen molar-refractivity contribution in [3.63, 3.8) is 0 Å². The molecule has 3 rings (SSSR count). The van der Waals surface area contributed by atoms with Gasteiger partial charge in [-0.15, -0.1) is 0 Å². The van der Waals surface area contributed by atoms with Crippen molar-refractivity contribution in [3.05, 3.63) is 35.1 Å². The van der Waals surface area contributed by atoms with Crippen LogP contribution >= 0.6 is 0 Å². The van der Waals surface area contributed by atoms with E-state index in [1.165, 1.54) is 5.57 Å². The van der Waals surface area contributed by atoms with Crippen LogP contribution in [0.5, 0.6) is 0 Å². The predicted molar refractivity (Wildman–Crippen MR) is 67.5 cm³/mol. The van der Waals surface area contributed by atoms with Crippen LogP contribution in [0.15, 0.2) is 35.1 Å². The van der Waals surface area contributed by atoms with Gasteiger partial charge in [0.15, 0.2) is 0 Å². The molecule has 0 radical (unpaired) electrons. The molecule has 0 aromatic rings. The first-order valence-corrected chi connectivity index (χ1v) is 6.45. The van der Waals surface area contributed by atoms with Crippen molar-refractivity contribution < 1.29 is 14.6 Å². The van der Waals surface area contributed by atoms with Gasteiger partial charge in [-0.1, -0.05) is 12.2 Å². The first kappa shape index (κ1) is 11.7. The van der Waals surface area contributed by atoms with E-state index in [1.54, 1.807) is 19.9 Å². The van der Waals surface area contributed by atoms with Crippen molar-refractivity contribution in [1.29, 1.82) is 0 Å². The Morgan fingerprint density at radius 3 is 3.00 bits per heavy atom. The van der Waals surface area contributed by atoms with Gasteiger partial charge < -0.3 is 9.84 Å². The first-order chi connectivity index (χ1) is 8.40. The maximum atomic E-state index is 11.6. The van der Waals surface area contributed by atoms with Crippen LogP contribution in [-0.2, 0) is 9.53 Å². The van der Waals surface area contributed by atoms with Crippen LogP contribution in [0.1, 0.15) is 33.1 Å². The summed E-state index contributed by atoms with van der Waals surface area (Å²) in [4.78, 5) is 11.6. The third-order valence-corrected chi connectivity index (χ3v) is 4.64. The predicted octanol–water partition coefficient (Wildman–Crippen LogP) is 2.48. The summed E-state index contributed by atoms with van der Waals surface area (Å²) in [6.45, 7) is 7.72. The molecule has 0 aromatic heterocycles. The van der Waals surface area contributed by atoms with Gasteiger partial charge in [0.05, 0.1) is 5.60 Å². The van der Waals surface area contributed by atoms with E-state index in [4.69, 9.17) is 4.74 Å². The number of esters is 1. The summed E-state index contributed by atoms with van der Waals surface area (Å²) in [6, 6.07) is 0. The Bertz CT molecular complexity index is 508. The molecule has 1 heterocycles. The van der Waals surface area contributed by atoms with Crippen LogP contribution in [0.4, 0.5) is 0 Å². The second-order valence-corrected chi connectivity index (χ2v) is 5.84. The summed E-state index contributed by atoms with van der Waals surface area (Å²) in [6.07, 6.45) is 4.42. The molecule has 1 fully saturated rings. The summed E-state index contributed by atoms with van der Waals surface area (Å²) in [5, 5.41) is 10.6. The van der Waals surface area contributed by atoms with E-state index in [0.717, 1.165) is 24.8 Å². The smallest absolute Gasteiger partial charge is 0.339 e. The lowest BCUT2D eigenvalue weighted by atomic mass is 9.80. The molecule has 3 nitrogen and oxygen atoms in total. The van der Waals surface area contributed by atoms with E-state index in [9.17, 15) is 9.90 Å². The number of allylic oxidation sites excluding steroid dienone is 2. The van der Waals surface area contributed by atoms with E-state index >= 15 is 0 Å². The Balaban J connectivity index is 2.11. The van der Waals surface area contributed by atoms with Gasteiger partial charge in [-0.2, -0.15) is 0 Å². The second-order valence-electron chi connectivity index (χ2n) is 5.84. The van der Waals surface area contributed by atoms with Crippen LogP contribution in [0, 0.1) is 11.8 Å². The lowest BCUT2D eigenvalue weighted by Gasteiger charge is -2.30. The molecule has 3 atom stereocenters. The first-order valence-electron chi connectivity index (χ1n) is 6.45. The molecule has 3 aliphatic rings. The standard InChI is InChI=1S/C15H18O3/c1-8-4-5-12-10(8)6-11-9(2)14(16)18-13(11)7-15(12,3)17/h7,10,12,17H,1,4-6H2,2-3H3/t10-,12-,15+/m1/s1. The van der Waals surface area contributed by atoms with E-state index in [1.807, 2.05) is 0 Å². The molecule has 18 heavy (non-hydrogen) atoms. The van der Waals surface area contributed by atoms with Crippen molar-refractivity contribution in [1.82, 2.24) is 0 Å². The summed E-state index contributed by atoms with van der Waals surface area (Å²) in [7, 11) is 0. The zero-order valence-electron chi connectivity index (χ0n) is 10.8. The molecule has 0 amide bonds. The fourth-order valence-electron chi connectivity index (χ4n) is 3.51. The third-order valence-electron chi connectivity index (χ3n) is 4.64. The van der Waals surface area contributed by atoms with Crippen molar-refractivity contribution >= 4 is 5.97 Å². The van der Waals surface area contributed by atoms with Crippen LogP contribution < -0.4 is 0 Å². The van der Waals surface area contributed by atoms with Crippen LogP contribution in [-0.4, -0.2) is 16.7 Å². The van der Waals surface area contributed by atoms with Crippen LogP contribution in [0.25, 0.3) is 0 Å². The quantitative estimate of drug-likeness (QED) is 0.527. The number of carbonyl (C=O) groups excluding carboxylic acids is 1. The summed E-state index contributed by atoms with van der Waals surface area (Å²) >= 11 is 0. The van der Waals surface area contributed by atoms with Gasteiger partial charge in [0.25, 0.3) is 0 Å². The van der Waals surface area contributed by atoms with Gasteiger partial charge >= 0.3 is 5.97 Å². The second kappa shape index (κ2) is 3.58. The molecule has 1 N–H and O–H groups in total. The Labute approximate surface area is 107 Å². The molecule has 1 saturated carbocycles. The minimum Gasteiger partial charge on any atom is -0.423 e. The van der Waals surface area contributed by atoms with Crippen LogP contribution in [0.3, 0.4) is 0 Å². The number of hydrogen-bond acceptors (Lipinski definition) is 3. The van der Waals surface area contributed by atoms with E-state index < -0.39 is 5.60 Å². The fourth-order valence-corrected chi connectivity index (χ4v) is 3.51. The highest BCUT2D eigenvalue weighted by Gasteiger charge is 2.46. The minimum absolute atomic E-state index is 0.183. The van der Waals surface area contributed by atoms with Crippen LogP contribution in [0.2, 0.25) is 0 Å². The molecular weight excluding hydrogens is 228 g/mol. The minimum atomic E-state index is -0.925. The molecule has 0 bridgehead atoms. The maximum absolute atomic E-state index is 11.6. The number of carbonyl (C=O) groups is 1. The van der Waals surface area contributed by atoms with Crippen molar-refractivity contribution in [3.8, 4) is 0 Å². The molecule has 1 aliphatic heterocycles. The number of rotatable bonds is 0. The van der Waals surface area contributed by atoms with E-state index in [-0.39, 0.29) is 17.8 Å². The van der Waals surface area contributed by atoms with Gasteiger partial charge in [0.1, 0.15) is 5.76 Å². The molecule has 0 aromatic carbocycles. The lowest BCUT2D eigenvalue weighted by Crippen LogP contribution is -2.34. The number of ether oxygens (including phenoxy) is 1. The number of hydrogen-bond donors (Lipinski definition) is 1. The third kappa shape index (κ3) is 1.50. The van der Waals surface area contributed by atoms with Gasteiger partial charge in [0.2, 0.25) is 0 Å². The Morgan fingerprint density at radius 1 is 1.56 bits per heavy atom. The monoisotopic (exact) mass is 246 g/mol. The van der Waals surface area contributed by atoms with Gasteiger partial charge in [-0.3, -0.25) is 0 Å². The van der Waals surface area contributed by atoms with Gasteiger partial charge in [-0.05, 0) is 51.0 Å². The summed E-state index contributed by atoms with van der Waals surface area (Å²) in [5.41, 5.74) is 1.90. The SMILES string of the molecule is C=C1CC[C@@H]2[C@@H]1CC1=C(C)C(=O)OC1=C[C@]2(C)O. The topological polar surface area (TPSA) is 46.5 Å². The van der Waals surface area contributed by atoms with Crippen molar-refractivity contribution in [2.24, 2.45) is 11.8 Å². The zero-order chi connectivity index (χ0) is 13.1. The highest BCUT2D eigenvalue weighted by Crippen LogP contribution is 2.50.